The van der Waals surface area contributed by atoms with Crippen molar-refractivity contribution in [1.29, 1.82) is 0 Å². The number of nitrogens with one attached hydrogen (secondary N) is 3. The molecule has 3 aromatic carbocycles. The lowest BCUT2D eigenvalue weighted by Crippen LogP contribution is -2.51. The van der Waals surface area contributed by atoms with E-state index < -0.39 is 17.7 Å². The molecule has 288 valence electrons. The van der Waals surface area contributed by atoms with Crippen LogP contribution in [0.4, 0.5) is 9.59 Å². The second kappa shape index (κ2) is 14.5. The zero-order valence-corrected chi connectivity index (χ0v) is 33.1. The van der Waals surface area contributed by atoms with E-state index in [9.17, 15) is 14.4 Å². The van der Waals surface area contributed by atoms with E-state index in [0.29, 0.717) is 19.6 Å². The van der Waals surface area contributed by atoms with Gasteiger partial charge in [0.15, 0.2) is 0 Å². The summed E-state index contributed by atoms with van der Waals surface area (Å²) in [4.78, 5) is 56.9. The zero-order chi connectivity index (χ0) is 38.6. The van der Waals surface area contributed by atoms with Crippen molar-refractivity contribution >= 4 is 67.2 Å². The smallest absolute Gasteiger partial charge is 0.410 e. The molecule has 13 heteroatoms. The summed E-state index contributed by atoms with van der Waals surface area (Å²) in [6.45, 7) is 11.4. The van der Waals surface area contributed by atoms with Gasteiger partial charge in [0, 0.05) is 28.1 Å². The van der Waals surface area contributed by atoms with Crippen LogP contribution in [0.1, 0.15) is 83.8 Å². The van der Waals surface area contributed by atoms with E-state index in [-0.39, 0.29) is 36.0 Å². The number of alkyl carbamates (subject to hydrolysis) is 1. The number of methoxy groups -OCH3 is 1. The summed E-state index contributed by atoms with van der Waals surface area (Å²) >= 11 is 1.78. The number of aromatic amines is 1. The Bertz CT molecular complexity index is 2320. The fraction of sp³-hybridized carbons (Fsp3) is 0.452. The summed E-state index contributed by atoms with van der Waals surface area (Å²) in [7, 11) is 1.30. The molecule has 2 fully saturated rings. The van der Waals surface area contributed by atoms with Crippen LogP contribution >= 0.6 is 11.3 Å². The van der Waals surface area contributed by atoms with Crippen molar-refractivity contribution in [3.63, 3.8) is 0 Å². The number of benzene rings is 3. The third-order valence-corrected chi connectivity index (χ3v) is 12.1. The summed E-state index contributed by atoms with van der Waals surface area (Å²) in [5, 5.41) is 9.70. The lowest BCUT2D eigenvalue weighted by molar-refractivity contribution is -0.135. The molecular weight excluding hydrogens is 715 g/mol. The molecule has 3 aliphatic heterocycles. The Balaban J connectivity index is 0.991. The van der Waals surface area contributed by atoms with Crippen molar-refractivity contribution in [1.82, 2.24) is 30.4 Å². The van der Waals surface area contributed by atoms with Crippen molar-refractivity contribution in [2.75, 3.05) is 26.7 Å². The lowest BCUT2D eigenvalue weighted by atomic mass is 10.0. The topological polar surface area (TPSA) is 141 Å². The first-order valence-electron chi connectivity index (χ1n) is 19.3. The third kappa shape index (κ3) is 7.21. The number of aromatic nitrogens is 2. The minimum atomic E-state index is -0.682. The van der Waals surface area contributed by atoms with Gasteiger partial charge >= 0.3 is 12.2 Å². The zero-order valence-electron chi connectivity index (χ0n) is 32.3. The van der Waals surface area contributed by atoms with Gasteiger partial charge in [-0.05, 0) is 98.5 Å². The van der Waals surface area contributed by atoms with E-state index in [1.807, 2.05) is 44.4 Å². The molecule has 0 radical (unpaired) electrons. The number of hydrogen-bond acceptors (Lipinski definition) is 9. The summed E-state index contributed by atoms with van der Waals surface area (Å²) in [5.74, 6) is 1.41. The van der Waals surface area contributed by atoms with E-state index in [4.69, 9.17) is 19.5 Å². The molecule has 2 saturated heterocycles. The maximum absolute atomic E-state index is 13.7. The van der Waals surface area contributed by atoms with E-state index in [1.165, 1.54) is 27.6 Å². The fourth-order valence-corrected chi connectivity index (χ4v) is 9.28. The maximum Gasteiger partial charge on any atom is 0.410 e. The van der Waals surface area contributed by atoms with Gasteiger partial charge in [-0.15, -0.1) is 11.3 Å². The largest absolute Gasteiger partial charge is 0.453 e. The highest BCUT2D eigenvalue weighted by Crippen LogP contribution is 2.39. The summed E-state index contributed by atoms with van der Waals surface area (Å²) in [5.41, 5.74) is 3.59. The fourth-order valence-electron chi connectivity index (χ4n) is 8.17. The second-order valence-electron chi connectivity index (χ2n) is 16.2. The number of thiophene rings is 1. The van der Waals surface area contributed by atoms with Crippen LogP contribution in [-0.4, -0.2) is 88.1 Å². The minimum absolute atomic E-state index is 0.0513. The normalized spacial score (nSPS) is 20.7. The number of aliphatic imine (C=N–C) groups is 1. The van der Waals surface area contributed by atoms with Crippen molar-refractivity contribution in [2.24, 2.45) is 10.9 Å². The lowest BCUT2D eigenvalue weighted by Gasteiger charge is -2.29. The van der Waals surface area contributed by atoms with Crippen LogP contribution < -0.4 is 10.6 Å². The number of rotatable bonds is 7. The van der Waals surface area contributed by atoms with Crippen LogP contribution in [0, 0.1) is 5.92 Å². The number of carbonyl (C=O) groups is 3. The molecular formula is C42H49N7O5S. The van der Waals surface area contributed by atoms with Crippen LogP contribution in [-0.2, 0) is 14.3 Å². The highest BCUT2D eigenvalue weighted by Gasteiger charge is 2.39. The Morgan fingerprint density at radius 1 is 0.945 bits per heavy atom. The van der Waals surface area contributed by atoms with Gasteiger partial charge in [-0.25, -0.2) is 14.6 Å². The van der Waals surface area contributed by atoms with Gasteiger partial charge in [0.05, 0.1) is 42.8 Å². The number of ether oxygens (including phenoxy) is 2. The first-order valence-corrected chi connectivity index (χ1v) is 20.1. The van der Waals surface area contributed by atoms with Gasteiger partial charge in [0.2, 0.25) is 5.91 Å². The molecule has 0 saturated carbocycles. The molecule has 2 aromatic heterocycles. The molecule has 55 heavy (non-hydrogen) atoms. The van der Waals surface area contributed by atoms with Crippen molar-refractivity contribution in [3.05, 3.63) is 66.0 Å². The predicted molar refractivity (Wildman–Crippen MR) is 216 cm³/mol. The Labute approximate surface area is 324 Å². The number of nitrogens with zero attached hydrogens (tertiary/aromatic N) is 4. The quantitative estimate of drug-likeness (QED) is 0.152. The Kier molecular flexibility index (Phi) is 9.69. The number of H-pyrrole nitrogens is 1. The molecule has 8 rings (SSSR count). The molecule has 12 nitrogen and oxygen atoms in total. The summed E-state index contributed by atoms with van der Waals surface area (Å²) in [6.07, 6.45) is 2.57. The van der Waals surface area contributed by atoms with E-state index in [0.717, 1.165) is 64.7 Å². The summed E-state index contributed by atoms with van der Waals surface area (Å²) in [6, 6.07) is 18.7. The molecule has 3 aliphatic rings. The average molecular weight is 764 g/mol. The first kappa shape index (κ1) is 36.8. The first-order chi connectivity index (χ1) is 26.4. The molecule has 0 aliphatic carbocycles. The van der Waals surface area contributed by atoms with Gasteiger partial charge < -0.3 is 30.0 Å². The summed E-state index contributed by atoms with van der Waals surface area (Å²) < 4.78 is 11.7. The van der Waals surface area contributed by atoms with Crippen molar-refractivity contribution in [3.8, 4) is 10.4 Å². The highest BCUT2D eigenvalue weighted by molar-refractivity contribution is 7.22. The SMILES string of the molecule is COC(=O)N[C@H](C(=O)N1CCC[C@H]1c1nc2c(ccc3cc(-c4cc5ccc(C6CN=C([C@@H]7CCCN7C(=O)OC(C)(C)C)N6)cc5s4)ccc32)[nH]1)C(C)C. The van der Waals surface area contributed by atoms with E-state index in [1.54, 1.807) is 11.3 Å². The molecule has 4 atom stereocenters. The van der Waals surface area contributed by atoms with Gasteiger partial charge in [-0.3, -0.25) is 14.7 Å². The van der Waals surface area contributed by atoms with E-state index >= 15 is 0 Å². The maximum atomic E-state index is 13.7. The number of carbonyl (C=O) groups excluding carboxylic acids is 3. The molecule has 3 amide bonds. The van der Waals surface area contributed by atoms with E-state index in [2.05, 4.69) is 70.2 Å². The second-order valence-corrected chi connectivity index (χ2v) is 17.3. The number of amides is 3. The van der Waals surface area contributed by atoms with Crippen LogP contribution in [0.3, 0.4) is 0 Å². The van der Waals surface area contributed by atoms with Crippen LogP contribution in [0.5, 0.6) is 0 Å². The van der Waals surface area contributed by atoms with Gasteiger partial charge in [0.1, 0.15) is 23.3 Å². The Morgan fingerprint density at radius 2 is 1.71 bits per heavy atom. The molecule has 0 spiro atoms. The number of likely N-dealkylation sites (tertiary alicyclic amines) is 2. The third-order valence-electron chi connectivity index (χ3n) is 10.9. The molecule has 0 bridgehead atoms. The van der Waals surface area contributed by atoms with Gasteiger partial charge in [0.25, 0.3) is 0 Å². The Morgan fingerprint density at radius 3 is 2.47 bits per heavy atom. The molecule has 1 unspecified atom stereocenters. The number of imidazole rings is 1. The highest BCUT2D eigenvalue weighted by atomic mass is 32.1. The molecule has 3 N–H and O–H groups in total. The minimum Gasteiger partial charge on any atom is -0.453 e. The van der Waals surface area contributed by atoms with Crippen molar-refractivity contribution < 1.29 is 23.9 Å². The van der Waals surface area contributed by atoms with Crippen LogP contribution in [0.15, 0.2) is 59.6 Å². The predicted octanol–water partition coefficient (Wildman–Crippen LogP) is 8.08. The molecule has 5 heterocycles. The van der Waals surface area contributed by atoms with Crippen LogP contribution in [0.2, 0.25) is 0 Å². The van der Waals surface area contributed by atoms with Crippen molar-refractivity contribution in [2.45, 2.75) is 90.1 Å². The molecule has 5 aromatic rings. The number of fused-ring (bicyclic) bond motifs is 4. The standard InChI is InChI=1S/C42H49N7O5S/c1-23(2)35(47-40(51)53-6)39(50)48-17-7-10-32(48)38-44-29-16-14-24-19-26(13-15-28(24)36(29)46-38)34-21-27-12-11-25(20-33(27)55-34)30-22-43-37(45-30)31-9-8-18-49(31)41(52)54-42(3,4)5/h11-16,19-21,23,30-32,35H,7-10,17-18,22H2,1-6H3,(H,43,45)(H,44,46)(H,47,51)/t30?,31-,32-,35-/m0/s1. The Hall–Kier alpha value is -5.17. The monoisotopic (exact) mass is 763 g/mol. The van der Waals surface area contributed by atoms with Gasteiger partial charge in [-0.2, -0.15) is 0 Å². The average Bonchev–Trinajstić information content (AvgIpc) is 4.00. The number of hydrogen-bond donors (Lipinski definition) is 3. The van der Waals surface area contributed by atoms with Gasteiger partial charge in [-0.1, -0.05) is 44.2 Å². The van der Waals surface area contributed by atoms with Crippen LogP contribution in [0.25, 0.3) is 42.3 Å². The number of amidine groups is 1.